The van der Waals surface area contributed by atoms with Crippen molar-refractivity contribution >= 4 is 9.73 Å². The van der Waals surface area contributed by atoms with Gasteiger partial charge in [-0.1, -0.05) is 0 Å². The van der Waals surface area contributed by atoms with Crippen LogP contribution in [0.25, 0.3) is 0 Å². The number of likely N-dealkylation sites (N-methyl/N-ethyl adjacent to an activating group) is 1. The third kappa shape index (κ3) is 3.42. The number of hydrogen-bond donors (Lipinski definition) is 3. The molecule has 0 amide bonds. The van der Waals surface area contributed by atoms with E-state index in [4.69, 9.17) is 11.5 Å². The van der Waals surface area contributed by atoms with Gasteiger partial charge in [0.15, 0.2) is 0 Å². The van der Waals surface area contributed by atoms with Crippen molar-refractivity contribution in [2.45, 2.75) is 38.4 Å². The number of fused-ring (bicyclic) bond motifs is 1. The van der Waals surface area contributed by atoms with Crippen LogP contribution in [-0.2, 0) is 19.4 Å². The first-order valence-electron chi connectivity index (χ1n) is 6.97. The first-order valence-corrected chi connectivity index (χ1v) is 8.44. The van der Waals surface area contributed by atoms with Crippen molar-refractivity contribution < 1.29 is 19.4 Å². The number of nitrogens with one attached hydrogen (secondary N) is 1. The summed E-state index contributed by atoms with van der Waals surface area (Å²) in [6.07, 6.45) is 8.10. The van der Waals surface area contributed by atoms with Gasteiger partial charge in [0, 0.05) is 0 Å². The third-order valence-electron chi connectivity index (χ3n) is 3.88. The molecule has 3 atom stereocenters. The summed E-state index contributed by atoms with van der Waals surface area (Å²) < 4.78 is 1.11. The van der Waals surface area contributed by atoms with Crippen LogP contribution in [0.3, 0.4) is 0 Å². The molecule has 0 aromatic heterocycles. The molecular formula is C15H23N5W. The van der Waals surface area contributed by atoms with E-state index in [1.165, 1.54) is 19.4 Å². The Morgan fingerprint density at radius 2 is 2.19 bits per heavy atom. The number of rotatable bonds is 2. The van der Waals surface area contributed by atoms with E-state index >= 15 is 0 Å². The summed E-state index contributed by atoms with van der Waals surface area (Å²) in [6, 6.07) is 0.0168. The summed E-state index contributed by atoms with van der Waals surface area (Å²) in [5.41, 5.74) is 18.3. The zero-order valence-corrected chi connectivity index (χ0v) is 15.9. The molecule has 5 N–H and O–H groups in total. The number of piperidine rings is 1. The number of likely N-dealkylation sites (tertiary alicyclic amines) is 1. The fourth-order valence-corrected chi connectivity index (χ4v) is 2.67. The zero-order valence-electron chi connectivity index (χ0n) is 12.9. The molecule has 5 nitrogen and oxygen atoms in total. The van der Waals surface area contributed by atoms with Gasteiger partial charge in [-0.05, 0) is 0 Å². The molecule has 1 saturated heterocycles. The molecule has 0 spiro atoms. The van der Waals surface area contributed by atoms with E-state index in [-0.39, 0.29) is 12.1 Å². The van der Waals surface area contributed by atoms with E-state index in [0.717, 1.165) is 21.0 Å². The van der Waals surface area contributed by atoms with Crippen LogP contribution in [0.4, 0.5) is 0 Å². The van der Waals surface area contributed by atoms with Crippen molar-refractivity contribution in [3.8, 4) is 0 Å². The molecule has 0 saturated carbocycles. The Kier molecular flexibility index (Phi) is 4.66. The van der Waals surface area contributed by atoms with Crippen LogP contribution in [0.1, 0.15) is 20.8 Å². The van der Waals surface area contributed by atoms with Gasteiger partial charge in [-0.2, -0.15) is 0 Å². The van der Waals surface area contributed by atoms with Gasteiger partial charge in [0.05, 0.1) is 0 Å². The van der Waals surface area contributed by atoms with Gasteiger partial charge in [-0.25, -0.2) is 0 Å². The van der Waals surface area contributed by atoms with E-state index in [2.05, 4.69) is 35.5 Å². The first kappa shape index (κ1) is 16.3. The van der Waals surface area contributed by atoms with Gasteiger partial charge in [-0.3, -0.25) is 0 Å². The van der Waals surface area contributed by atoms with Crippen LogP contribution in [0, 0.1) is 0 Å². The molecule has 0 bridgehead atoms. The maximum absolute atomic E-state index is 6.39. The normalized spacial score (nSPS) is 34.0. The van der Waals surface area contributed by atoms with Crippen molar-refractivity contribution in [2.24, 2.45) is 16.6 Å². The van der Waals surface area contributed by atoms with Crippen LogP contribution in [0.5, 0.6) is 0 Å². The van der Waals surface area contributed by atoms with Crippen LogP contribution >= 0.6 is 0 Å². The summed E-state index contributed by atoms with van der Waals surface area (Å²) in [5.74, 6) is 0. The third-order valence-corrected chi connectivity index (χ3v) is 4.21. The fraction of sp³-hybridized carbons (Fsp3) is 0.467. The van der Waals surface area contributed by atoms with Gasteiger partial charge in [0.25, 0.3) is 0 Å². The van der Waals surface area contributed by atoms with E-state index in [1.807, 2.05) is 32.1 Å². The van der Waals surface area contributed by atoms with Crippen molar-refractivity contribution in [1.29, 1.82) is 0 Å². The van der Waals surface area contributed by atoms with Crippen molar-refractivity contribution in [2.75, 3.05) is 7.05 Å². The number of hydrazone groups is 1. The predicted octanol–water partition coefficient (Wildman–Crippen LogP) is 0.387. The van der Waals surface area contributed by atoms with Gasteiger partial charge >= 0.3 is 137 Å². The molecule has 0 aromatic carbocycles. The zero-order chi connectivity index (χ0) is 15.8. The van der Waals surface area contributed by atoms with Crippen molar-refractivity contribution in [3.05, 3.63) is 35.6 Å². The van der Waals surface area contributed by atoms with E-state index in [9.17, 15) is 0 Å². The molecule has 1 heterocycles. The number of nitrogens with two attached hydrogens (primary N) is 2. The summed E-state index contributed by atoms with van der Waals surface area (Å²) in [6.45, 7) is 6.11. The van der Waals surface area contributed by atoms with Gasteiger partial charge in [0.1, 0.15) is 0 Å². The summed E-state index contributed by atoms with van der Waals surface area (Å²) in [5, 5.41) is 4.54. The Bertz CT molecular complexity index is 571. The Labute approximate surface area is 137 Å². The number of allylic oxidation sites excluding steroid dienone is 3. The fourth-order valence-electron chi connectivity index (χ4n) is 2.51. The molecule has 3 unspecified atom stereocenters. The standard InChI is InChI=1S/C15H23N5.W/c1-5-18-19-14-11-7-6-8-15(3,17)9-12(11)20(4)10(2)13(14)16;/h6-10,13,18H,16-17H2,1-4H3;/b19-14-;. The van der Waals surface area contributed by atoms with Gasteiger partial charge in [-0.15, -0.1) is 0 Å². The minimum atomic E-state index is -0.474. The molecule has 0 radical (unpaired) electrons. The molecule has 21 heavy (non-hydrogen) atoms. The van der Waals surface area contributed by atoms with E-state index in [1.54, 1.807) is 0 Å². The van der Waals surface area contributed by atoms with Gasteiger partial charge in [0.2, 0.25) is 0 Å². The van der Waals surface area contributed by atoms with Gasteiger partial charge < -0.3 is 0 Å². The van der Waals surface area contributed by atoms with Crippen molar-refractivity contribution in [1.82, 2.24) is 10.3 Å². The van der Waals surface area contributed by atoms with E-state index in [0.29, 0.717) is 0 Å². The maximum atomic E-state index is 6.39. The molecule has 114 valence electrons. The van der Waals surface area contributed by atoms with Crippen LogP contribution < -0.4 is 16.9 Å². The molecule has 1 fully saturated rings. The number of nitrogens with zero attached hydrogens (tertiary/aromatic N) is 2. The molecule has 6 heteroatoms. The molecule has 0 aromatic rings. The molecular weight excluding hydrogens is 434 g/mol. The number of hydrogen-bond acceptors (Lipinski definition) is 5. The average Bonchev–Trinajstić information content (AvgIpc) is 2.54. The Hall–Kier alpha value is -1.03. The second-order valence-electron chi connectivity index (χ2n) is 5.88. The average molecular weight is 457 g/mol. The Morgan fingerprint density at radius 3 is 2.81 bits per heavy atom. The summed E-state index contributed by atoms with van der Waals surface area (Å²) in [4.78, 5) is 2.18. The first-order chi connectivity index (χ1) is 9.73. The Morgan fingerprint density at radius 1 is 1.52 bits per heavy atom. The van der Waals surface area contributed by atoms with Crippen LogP contribution in [0.2, 0.25) is 0 Å². The summed E-state index contributed by atoms with van der Waals surface area (Å²) >= 11 is 1.36. The molecule has 1 aliphatic carbocycles. The Balaban J connectivity index is 2.53. The second kappa shape index (κ2) is 5.99. The van der Waals surface area contributed by atoms with Crippen molar-refractivity contribution in [3.63, 3.8) is 0 Å². The molecule has 2 rings (SSSR count). The SMILES string of the molecule is C[C](=[W])N/N=C1/C2=CC=CC(C)(N)C=C2N(C)C(C)C1N. The molecule has 2 aliphatic rings. The van der Waals surface area contributed by atoms with E-state index < -0.39 is 5.54 Å². The van der Waals surface area contributed by atoms with Crippen LogP contribution in [0.15, 0.2) is 40.7 Å². The minimum absolute atomic E-state index is 0.143. The monoisotopic (exact) mass is 457 g/mol. The van der Waals surface area contributed by atoms with Crippen LogP contribution in [-0.4, -0.2) is 39.3 Å². The second-order valence-corrected chi connectivity index (χ2v) is 8.08. The summed E-state index contributed by atoms with van der Waals surface area (Å²) in [7, 11) is 2.05. The topological polar surface area (TPSA) is 79.7 Å². The predicted molar refractivity (Wildman–Crippen MR) is 84.4 cm³/mol. The quantitative estimate of drug-likeness (QED) is 0.525. The molecule has 1 aliphatic heterocycles.